The molecule has 0 N–H and O–H groups in total. The molecule has 0 aliphatic carbocycles. The number of rotatable bonds is 3. The summed E-state index contributed by atoms with van der Waals surface area (Å²) < 4.78 is 7.28. The second-order valence-electron chi connectivity index (χ2n) is 3.63. The van der Waals surface area contributed by atoms with Crippen LogP contribution in [0, 0.1) is 11.3 Å². The molecule has 0 fully saturated rings. The highest BCUT2D eigenvalue weighted by atomic mass is 16.5. The number of ether oxygens (including phenoxy) is 1. The van der Waals surface area contributed by atoms with Crippen LogP contribution in [0.2, 0.25) is 0 Å². The highest BCUT2D eigenvalue weighted by Gasteiger charge is 2.08. The molecule has 4 heteroatoms. The quantitative estimate of drug-likeness (QED) is 0.808. The van der Waals surface area contributed by atoms with Crippen LogP contribution < -0.4 is 4.74 Å². The lowest BCUT2D eigenvalue weighted by Gasteiger charge is -2.05. The number of aromatic nitrogens is 2. The van der Waals surface area contributed by atoms with Gasteiger partial charge in [-0.2, -0.15) is 5.26 Å². The first-order valence-electron chi connectivity index (χ1n) is 5.41. The van der Waals surface area contributed by atoms with E-state index in [9.17, 15) is 0 Å². The minimum absolute atomic E-state index is 0.421. The Morgan fingerprint density at radius 1 is 1.47 bits per heavy atom. The molecule has 86 valence electrons. The molecule has 0 bridgehead atoms. The van der Waals surface area contributed by atoms with Gasteiger partial charge in [0.25, 0.3) is 0 Å². The van der Waals surface area contributed by atoms with E-state index in [1.54, 1.807) is 6.20 Å². The Bertz CT molecular complexity index is 566. The first-order chi connectivity index (χ1) is 8.24. The van der Waals surface area contributed by atoms with Crippen molar-refractivity contribution < 1.29 is 4.74 Å². The van der Waals surface area contributed by atoms with E-state index in [2.05, 4.69) is 4.98 Å². The molecule has 4 nitrogen and oxygen atoms in total. The summed E-state index contributed by atoms with van der Waals surface area (Å²) in [7, 11) is 1.87. The van der Waals surface area contributed by atoms with E-state index in [4.69, 9.17) is 10.00 Å². The van der Waals surface area contributed by atoms with Gasteiger partial charge in [-0.3, -0.25) is 0 Å². The average molecular weight is 227 g/mol. The molecule has 2 aromatic rings. The van der Waals surface area contributed by atoms with Crippen LogP contribution in [0.1, 0.15) is 12.6 Å². The number of benzene rings is 1. The molecule has 0 aliphatic rings. The largest absolute Gasteiger partial charge is 0.494 e. The molecule has 1 heterocycles. The topological polar surface area (TPSA) is 50.8 Å². The Balaban J connectivity index is 2.42. The van der Waals surface area contributed by atoms with Crippen LogP contribution in [0.4, 0.5) is 0 Å². The molecule has 0 spiro atoms. The zero-order chi connectivity index (χ0) is 12.3. The molecule has 0 saturated heterocycles. The minimum Gasteiger partial charge on any atom is -0.494 e. The third-order valence-corrected chi connectivity index (χ3v) is 2.39. The van der Waals surface area contributed by atoms with Gasteiger partial charge in [0.2, 0.25) is 0 Å². The Morgan fingerprint density at radius 2 is 2.29 bits per heavy atom. The minimum atomic E-state index is 0.421. The van der Waals surface area contributed by atoms with Crippen LogP contribution in [0.5, 0.6) is 5.75 Å². The lowest BCUT2D eigenvalue weighted by molar-refractivity contribution is 0.340. The average Bonchev–Trinajstić information content (AvgIpc) is 2.71. The molecule has 0 amide bonds. The van der Waals surface area contributed by atoms with Gasteiger partial charge in [-0.1, -0.05) is 12.1 Å². The summed E-state index contributed by atoms with van der Waals surface area (Å²) in [6.45, 7) is 2.58. The first kappa shape index (κ1) is 11.2. The van der Waals surface area contributed by atoms with Crippen LogP contribution in [0.25, 0.3) is 11.4 Å². The standard InChI is InChI=1S/C13H13N3O/c1-3-17-12-6-4-5-10(7-12)13-15-11(8-14)9-16(13)2/h4-7,9H,3H2,1-2H3. The summed E-state index contributed by atoms with van der Waals surface area (Å²) in [5.41, 5.74) is 1.37. The third-order valence-electron chi connectivity index (χ3n) is 2.39. The van der Waals surface area contributed by atoms with Crippen molar-refractivity contribution in [3.05, 3.63) is 36.2 Å². The predicted octanol–water partition coefficient (Wildman–Crippen LogP) is 2.36. The van der Waals surface area contributed by atoms with E-state index in [0.29, 0.717) is 12.3 Å². The Hall–Kier alpha value is -2.28. The molecule has 0 saturated carbocycles. The van der Waals surface area contributed by atoms with Gasteiger partial charge in [0.15, 0.2) is 5.69 Å². The van der Waals surface area contributed by atoms with Gasteiger partial charge in [0.1, 0.15) is 17.6 Å². The van der Waals surface area contributed by atoms with E-state index in [1.165, 1.54) is 0 Å². The van der Waals surface area contributed by atoms with Crippen molar-refractivity contribution in [1.29, 1.82) is 5.26 Å². The van der Waals surface area contributed by atoms with Crippen molar-refractivity contribution >= 4 is 0 Å². The van der Waals surface area contributed by atoms with Crippen molar-refractivity contribution in [3.8, 4) is 23.2 Å². The lowest BCUT2D eigenvalue weighted by atomic mass is 10.2. The normalized spacial score (nSPS) is 9.94. The predicted molar refractivity (Wildman–Crippen MR) is 64.5 cm³/mol. The lowest BCUT2D eigenvalue weighted by Crippen LogP contribution is -1.94. The zero-order valence-corrected chi connectivity index (χ0v) is 9.84. The highest BCUT2D eigenvalue weighted by molar-refractivity contribution is 5.59. The smallest absolute Gasteiger partial charge is 0.159 e. The van der Waals surface area contributed by atoms with Crippen molar-refractivity contribution in [3.63, 3.8) is 0 Å². The molecular formula is C13H13N3O. The van der Waals surface area contributed by atoms with Crippen LogP contribution in [-0.2, 0) is 7.05 Å². The number of aryl methyl sites for hydroxylation is 1. The van der Waals surface area contributed by atoms with E-state index >= 15 is 0 Å². The summed E-state index contributed by atoms with van der Waals surface area (Å²) >= 11 is 0. The fourth-order valence-electron chi connectivity index (χ4n) is 1.68. The number of imidazole rings is 1. The molecule has 2 rings (SSSR count). The number of nitriles is 1. The molecular weight excluding hydrogens is 214 g/mol. The van der Waals surface area contributed by atoms with Gasteiger partial charge < -0.3 is 9.30 Å². The first-order valence-corrected chi connectivity index (χ1v) is 5.41. The second kappa shape index (κ2) is 4.71. The summed E-state index contributed by atoms with van der Waals surface area (Å²) in [6.07, 6.45) is 1.71. The van der Waals surface area contributed by atoms with Crippen LogP contribution in [0.3, 0.4) is 0 Å². The fraction of sp³-hybridized carbons (Fsp3) is 0.231. The van der Waals surface area contributed by atoms with Gasteiger partial charge in [-0.15, -0.1) is 0 Å². The van der Waals surface area contributed by atoms with Crippen molar-refractivity contribution in [2.24, 2.45) is 7.05 Å². The SMILES string of the molecule is CCOc1cccc(-c2nc(C#N)cn2C)c1. The van der Waals surface area contributed by atoms with Gasteiger partial charge in [-0.25, -0.2) is 4.98 Å². The maximum absolute atomic E-state index is 8.81. The fourth-order valence-corrected chi connectivity index (χ4v) is 1.68. The summed E-state index contributed by atoms with van der Waals surface area (Å²) in [5.74, 6) is 1.58. The van der Waals surface area contributed by atoms with E-state index < -0.39 is 0 Å². The van der Waals surface area contributed by atoms with Crippen LogP contribution in [-0.4, -0.2) is 16.2 Å². The van der Waals surface area contributed by atoms with E-state index in [0.717, 1.165) is 17.1 Å². The molecule has 0 radical (unpaired) electrons. The Labute approximate surface area is 100 Å². The molecule has 0 unspecified atom stereocenters. The van der Waals surface area contributed by atoms with Gasteiger partial charge in [0, 0.05) is 18.8 Å². The van der Waals surface area contributed by atoms with Crippen molar-refractivity contribution in [2.45, 2.75) is 6.92 Å². The Kier molecular flexibility index (Phi) is 3.10. The van der Waals surface area contributed by atoms with E-state index in [-0.39, 0.29) is 0 Å². The van der Waals surface area contributed by atoms with Gasteiger partial charge in [0.05, 0.1) is 6.61 Å². The van der Waals surface area contributed by atoms with Gasteiger partial charge >= 0.3 is 0 Å². The van der Waals surface area contributed by atoms with Crippen molar-refractivity contribution in [2.75, 3.05) is 6.61 Å². The summed E-state index contributed by atoms with van der Waals surface area (Å²) in [6, 6.07) is 9.73. The molecule has 17 heavy (non-hydrogen) atoms. The molecule has 1 aromatic heterocycles. The Morgan fingerprint density at radius 3 is 2.94 bits per heavy atom. The third kappa shape index (κ3) is 2.28. The summed E-state index contributed by atoms with van der Waals surface area (Å²) in [4.78, 5) is 4.25. The van der Waals surface area contributed by atoms with Crippen LogP contribution in [0.15, 0.2) is 30.5 Å². The summed E-state index contributed by atoms with van der Waals surface area (Å²) in [5, 5.41) is 8.81. The van der Waals surface area contributed by atoms with Gasteiger partial charge in [-0.05, 0) is 19.1 Å². The highest BCUT2D eigenvalue weighted by Crippen LogP contribution is 2.22. The van der Waals surface area contributed by atoms with E-state index in [1.807, 2.05) is 48.9 Å². The second-order valence-corrected chi connectivity index (χ2v) is 3.63. The monoisotopic (exact) mass is 227 g/mol. The zero-order valence-electron chi connectivity index (χ0n) is 9.84. The molecule has 0 atom stereocenters. The maximum Gasteiger partial charge on any atom is 0.159 e. The maximum atomic E-state index is 8.81. The number of hydrogen-bond acceptors (Lipinski definition) is 3. The molecule has 0 aliphatic heterocycles. The van der Waals surface area contributed by atoms with Crippen LogP contribution >= 0.6 is 0 Å². The van der Waals surface area contributed by atoms with Crippen molar-refractivity contribution in [1.82, 2.24) is 9.55 Å². The molecule has 1 aromatic carbocycles. The number of nitrogens with zero attached hydrogens (tertiary/aromatic N) is 3. The number of hydrogen-bond donors (Lipinski definition) is 0.